The molecule has 1 aliphatic heterocycles. The summed E-state index contributed by atoms with van der Waals surface area (Å²) in [5.41, 5.74) is 1.82. The Morgan fingerprint density at radius 3 is 1.98 bits per heavy atom. The van der Waals surface area contributed by atoms with Crippen LogP contribution in [0.3, 0.4) is 0 Å². The Bertz CT molecular complexity index is 1840. The van der Waals surface area contributed by atoms with Gasteiger partial charge in [-0.1, -0.05) is 48.5 Å². The number of anilines is 1. The maximum Gasteiger partial charge on any atom is 0.264 e. The summed E-state index contributed by atoms with van der Waals surface area (Å²) in [4.78, 5) is 34.0. The number of para-hydroxylation sites is 1. The Labute approximate surface area is 231 Å². The van der Waals surface area contributed by atoms with Gasteiger partial charge < -0.3 is 9.80 Å². The Balaban J connectivity index is 1.09. The van der Waals surface area contributed by atoms with E-state index in [4.69, 9.17) is 0 Å². The quantitative estimate of drug-likeness (QED) is 0.339. The van der Waals surface area contributed by atoms with Crippen molar-refractivity contribution < 1.29 is 18.0 Å². The number of piperazine rings is 1. The average Bonchev–Trinajstić information content (AvgIpc) is 3.00. The molecule has 0 atom stereocenters. The molecule has 200 valence electrons. The molecule has 6 rings (SSSR count). The maximum absolute atomic E-state index is 13.1. The number of nitrogens with zero attached hydrogens (tertiary/aromatic N) is 3. The average molecular weight is 551 g/mol. The molecule has 1 fully saturated rings. The Morgan fingerprint density at radius 2 is 1.25 bits per heavy atom. The molecular formula is C31H26N4O4S. The summed E-state index contributed by atoms with van der Waals surface area (Å²) < 4.78 is 28.7. The van der Waals surface area contributed by atoms with Gasteiger partial charge in [0.05, 0.1) is 5.52 Å². The van der Waals surface area contributed by atoms with E-state index in [2.05, 4.69) is 9.71 Å². The van der Waals surface area contributed by atoms with E-state index < -0.39 is 10.0 Å². The third-order valence-electron chi connectivity index (χ3n) is 7.12. The van der Waals surface area contributed by atoms with Crippen LogP contribution >= 0.6 is 0 Å². The van der Waals surface area contributed by atoms with Crippen molar-refractivity contribution in [3.8, 4) is 0 Å². The van der Waals surface area contributed by atoms with E-state index in [9.17, 15) is 18.0 Å². The Kier molecular flexibility index (Phi) is 6.65. The lowest BCUT2D eigenvalue weighted by molar-refractivity contribution is 0.0535. The van der Waals surface area contributed by atoms with Gasteiger partial charge in [0.2, 0.25) is 0 Å². The van der Waals surface area contributed by atoms with Crippen molar-refractivity contribution in [1.82, 2.24) is 14.8 Å². The van der Waals surface area contributed by atoms with Gasteiger partial charge in [-0.05, 0) is 59.3 Å². The molecule has 1 N–H and O–H groups in total. The number of rotatable bonds is 5. The third kappa shape index (κ3) is 4.99. The highest BCUT2D eigenvalue weighted by molar-refractivity contribution is 7.93. The first-order valence-corrected chi connectivity index (χ1v) is 14.4. The number of nitrogens with one attached hydrogen (secondary N) is 1. The van der Waals surface area contributed by atoms with E-state index in [1.54, 1.807) is 64.5 Å². The van der Waals surface area contributed by atoms with E-state index in [0.717, 1.165) is 16.2 Å². The van der Waals surface area contributed by atoms with Gasteiger partial charge in [0.15, 0.2) is 0 Å². The third-order valence-corrected chi connectivity index (χ3v) is 8.53. The minimum absolute atomic E-state index is 0.0455. The number of pyridine rings is 1. The maximum atomic E-state index is 13.1. The van der Waals surface area contributed by atoms with Crippen molar-refractivity contribution in [3.05, 3.63) is 114 Å². The predicted molar refractivity (Wildman–Crippen MR) is 155 cm³/mol. The number of carbonyl (C=O) groups excluding carboxylic acids is 2. The highest BCUT2D eigenvalue weighted by Gasteiger charge is 2.26. The first kappa shape index (κ1) is 25.5. The van der Waals surface area contributed by atoms with Crippen molar-refractivity contribution in [2.24, 2.45) is 0 Å². The number of aromatic nitrogens is 1. The van der Waals surface area contributed by atoms with Crippen molar-refractivity contribution in [2.75, 3.05) is 30.9 Å². The first-order chi connectivity index (χ1) is 19.4. The molecule has 1 aliphatic rings. The van der Waals surface area contributed by atoms with Gasteiger partial charge >= 0.3 is 0 Å². The van der Waals surface area contributed by atoms with E-state index in [1.165, 1.54) is 6.07 Å². The van der Waals surface area contributed by atoms with Gasteiger partial charge in [0.25, 0.3) is 21.8 Å². The van der Waals surface area contributed by atoms with Crippen molar-refractivity contribution in [1.29, 1.82) is 0 Å². The van der Waals surface area contributed by atoms with Crippen molar-refractivity contribution in [2.45, 2.75) is 4.90 Å². The van der Waals surface area contributed by atoms with E-state index in [1.807, 2.05) is 42.5 Å². The van der Waals surface area contributed by atoms with Crippen LogP contribution in [0.15, 0.2) is 108 Å². The van der Waals surface area contributed by atoms with Gasteiger partial charge in [-0.25, -0.2) is 8.42 Å². The van der Waals surface area contributed by atoms with Crippen LogP contribution in [0, 0.1) is 0 Å². The fourth-order valence-corrected chi connectivity index (χ4v) is 6.22. The number of fused-ring (bicyclic) bond motifs is 2. The van der Waals surface area contributed by atoms with Crippen LogP contribution in [0.5, 0.6) is 0 Å². The summed E-state index contributed by atoms with van der Waals surface area (Å²) >= 11 is 0. The largest absolute Gasteiger partial charge is 0.335 e. The molecule has 1 saturated heterocycles. The fraction of sp³-hybridized carbons (Fsp3) is 0.129. The lowest BCUT2D eigenvalue weighted by atomic mass is 10.1. The zero-order chi connectivity index (χ0) is 27.7. The standard InChI is InChI=1S/C31H26N4O4S/c36-30(34-17-19-35(20-18-34)31(37)26-11-10-22-5-1-2-6-25(22)21-26)24-12-14-27(15-13-24)33-40(38,39)28-9-3-7-23-8-4-16-32-29(23)28/h1-16,21,33H,17-20H2. The van der Waals surface area contributed by atoms with Crippen LogP contribution in [0.4, 0.5) is 5.69 Å². The topological polar surface area (TPSA) is 99.7 Å². The second-order valence-corrected chi connectivity index (χ2v) is 11.3. The lowest BCUT2D eigenvalue weighted by Crippen LogP contribution is -2.50. The molecule has 0 spiro atoms. The molecule has 0 unspecified atom stereocenters. The second-order valence-electron chi connectivity index (χ2n) is 9.66. The van der Waals surface area contributed by atoms with Gasteiger partial charge in [0.1, 0.15) is 4.90 Å². The first-order valence-electron chi connectivity index (χ1n) is 12.9. The number of amides is 2. The highest BCUT2D eigenvalue weighted by atomic mass is 32.2. The van der Waals surface area contributed by atoms with Crippen molar-refractivity contribution in [3.63, 3.8) is 0 Å². The molecule has 2 heterocycles. The van der Waals surface area contributed by atoms with Crippen LogP contribution in [0.2, 0.25) is 0 Å². The van der Waals surface area contributed by atoms with Gasteiger partial charge in [-0.3, -0.25) is 19.3 Å². The molecule has 4 aromatic carbocycles. The predicted octanol–water partition coefficient (Wildman–Crippen LogP) is 4.79. The fourth-order valence-electron chi connectivity index (χ4n) is 4.98. The summed E-state index contributed by atoms with van der Waals surface area (Å²) in [6, 6.07) is 28.5. The second kappa shape index (κ2) is 10.4. The Morgan fingerprint density at radius 1 is 0.650 bits per heavy atom. The normalized spacial score (nSPS) is 13.9. The van der Waals surface area contributed by atoms with E-state index in [-0.39, 0.29) is 16.7 Å². The molecule has 1 aromatic heterocycles. The van der Waals surface area contributed by atoms with E-state index in [0.29, 0.717) is 48.5 Å². The van der Waals surface area contributed by atoms with Crippen molar-refractivity contribution >= 4 is 49.2 Å². The molecule has 0 bridgehead atoms. The van der Waals surface area contributed by atoms with Crippen LogP contribution in [0.1, 0.15) is 20.7 Å². The smallest absolute Gasteiger partial charge is 0.264 e. The number of hydrogen-bond acceptors (Lipinski definition) is 5. The SMILES string of the molecule is O=C(c1ccc(NS(=O)(=O)c2cccc3cccnc23)cc1)N1CCN(C(=O)c2ccc3ccccc3c2)CC1. The molecule has 9 heteroatoms. The summed E-state index contributed by atoms with van der Waals surface area (Å²) in [5.74, 6) is -0.207. The Hall–Kier alpha value is -4.76. The summed E-state index contributed by atoms with van der Waals surface area (Å²) in [5, 5.41) is 2.82. The zero-order valence-electron chi connectivity index (χ0n) is 21.5. The molecule has 8 nitrogen and oxygen atoms in total. The van der Waals surface area contributed by atoms with Gasteiger partial charge in [-0.2, -0.15) is 0 Å². The zero-order valence-corrected chi connectivity index (χ0v) is 22.3. The van der Waals surface area contributed by atoms with Crippen LogP contribution < -0.4 is 4.72 Å². The molecular weight excluding hydrogens is 524 g/mol. The minimum atomic E-state index is -3.89. The van der Waals surface area contributed by atoms with Crippen LogP contribution in [-0.4, -0.2) is 61.2 Å². The van der Waals surface area contributed by atoms with Gasteiger partial charge in [0, 0.05) is 54.6 Å². The molecule has 0 saturated carbocycles. The number of hydrogen-bond donors (Lipinski definition) is 1. The van der Waals surface area contributed by atoms with Gasteiger partial charge in [-0.15, -0.1) is 0 Å². The summed E-state index contributed by atoms with van der Waals surface area (Å²) in [6.45, 7) is 1.71. The molecule has 2 amide bonds. The minimum Gasteiger partial charge on any atom is -0.335 e. The summed E-state index contributed by atoms with van der Waals surface area (Å²) in [6.07, 6.45) is 1.56. The molecule has 0 aliphatic carbocycles. The molecule has 0 radical (unpaired) electrons. The number of benzene rings is 4. The number of sulfonamides is 1. The lowest BCUT2D eigenvalue weighted by Gasteiger charge is -2.35. The molecule has 40 heavy (non-hydrogen) atoms. The number of carbonyl (C=O) groups is 2. The monoisotopic (exact) mass is 550 g/mol. The highest BCUT2D eigenvalue weighted by Crippen LogP contribution is 2.24. The molecule has 5 aromatic rings. The van der Waals surface area contributed by atoms with Crippen LogP contribution in [0.25, 0.3) is 21.7 Å². The summed E-state index contributed by atoms with van der Waals surface area (Å²) in [7, 11) is -3.89. The van der Waals surface area contributed by atoms with E-state index >= 15 is 0 Å². The van der Waals surface area contributed by atoms with Crippen LogP contribution in [-0.2, 0) is 10.0 Å².